The van der Waals surface area contributed by atoms with E-state index < -0.39 is 0 Å². The molecule has 1 atom stereocenters. The fourth-order valence-corrected chi connectivity index (χ4v) is 1.56. The lowest BCUT2D eigenvalue weighted by molar-refractivity contribution is 0.633. The van der Waals surface area contributed by atoms with Gasteiger partial charge in [-0.25, -0.2) is 0 Å². The lowest BCUT2D eigenvalue weighted by atomic mass is 10.2. The lowest BCUT2D eigenvalue weighted by Gasteiger charge is -2.09. The van der Waals surface area contributed by atoms with E-state index in [4.69, 9.17) is 4.52 Å². The molecule has 1 nitrogen and oxygen atoms in total. The van der Waals surface area contributed by atoms with E-state index in [-0.39, 0.29) is 0 Å². The Balaban J connectivity index is 2.54. The maximum atomic E-state index is 5.36. The summed E-state index contributed by atoms with van der Waals surface area (Å²) in [5, 5.41) is 0. The minimum Gasteiger partial charge on any atom is -0.472 e. The van der Waals surface area contributed by atoms with Gasteiger partial charge in [-0.15, -0.1) is 0 Å². The normalized spacial score (nSPS) is 16.4. The molecule has 1 aliphatic rings. The first-order valence-corrected chi connectivity index (χ1v) is 4.13. The zero-order valence-electron chi connectivity index (χ0n) is 5.37. The molecule has 1 aromatic carbocycles. The van der Waals surface area contributed by atoms with Gasteiger partial charge in [0.05, 0.1) is 8.81 Å². The van der Waals surface area contributed by atoms with Gasteiger partial charge in [-0.1, -0.05) is 18.2 Å². The Hall–Kier alpha value is -0.810. The van der Waals surface area contributed by atoms with Gasteiger partial charge in [0, 0.05) is 5.56 Å². The Kier molecular flexibility index (Phi) is 1.44. The van der Waals surface area contributed by atoms with E-state index in [1.165, 1.54) is 5.56 Å². The van der Waals surface area contributed by atoms with Gasteiger partial charge in [0.1, 0.15) is 5.75 Å². The maximum Gasteiger partial charge on any atom is 0.130 e. The standard InChI is InChI=1S/C8H7OP/c1-2-4-8-7(3-1)5-6-10-9-8/h1-6,10H. The largest absolute Gasteiger partial charge is 0.472 e. The van der Waals surface area contributed by atoms with Crippen LogP contribution in [0.5, 0.6) is 5.75 Å². The molecule has 50 valence electrons. The first-order chi connectivity index (χ1) is 4.97. The van der Waals surface area contributed by atoms with Crippen LogP contribution in [0.15, 0.2) is 30.1 Å². The van der Waals surface area contributed by atoms with Crippen molar-refractivity contribution in [2.24, 2.45) is 0 Å². The summed E-state index contributed by atoms with van der Waals surface area (Å²) in [5.74, 6) is 3.05. The second-order valence-electron chi connectivity index (χ2n) is 2.09. The van der Waals surface area contributed by atoms with Gasteiger partial charge in [0.15, 0.2) is 0 Å². The highest BCUT2D eigenvalue weighted by Crippen LogP contribution is 2.31. The third-order valence-electron chi connectivity index (χ3n) is 1.42. The van der Waals surface area contributed by atoms with Gasteiger partial charge < -0.3 is 4.52 Å². The van der Waals surface area contributed by atoms with Crippen molar-refractivity contribution < 1.29 is 4.52 Å². The van der Waals surface area contributed by atoms with E-state index in [9.17, 15) is 0 Å². The monoisotopic (exact) mass is 150 g/mol. The summed E-state index contributed by atoms with van der Waals surface area (Å²) in [7, 11) is 0.488. The zero-order valence-corrected chi connectivity index (χ0v) is 6.37. The quantitative estimate of drug-likeness (QED) is 0.516. The second-order valence-corrected chi connectivity index (χ2v) is 2.86. The van der Waals surface area contributed by atoms with Crippen LogP contribution in [0.2, 0.25) is 0 Å². The third-order valence-corrected chi connectivity index (χ3v) is 2.06. The predicted octanol–water partition coefficient (Wildman–Crippen LogP) is 2.64. The summed E-state index contributed by atoms with van der Waals surface area (Å²) in [4.78, 5) is 0. The smallest absolute Gasteiger partial charge is 0.130 e. The molecule has 1 aliphatic heterocycles. The molecule has 0 amide bonds. The van der Waals surface area contributed by atoms with Gasteiger partial charge in [-0.2, -0.15) is 0 Å². The molecule has 2 rings (SSSR count). The molecule has 10 heavy (non-hydrogen) atoms. The summed E-state index contributed by atoms with van der Waals surface area (Å²) < 4.78 is 5.36. The molecule has 0 radical (unpaired) electrons. The van der Waals surface area contributed by atoms with E-state index in [1.807, 2.05) is 24.0 Å². The molecule has 2 heteroatoms. The van der Waals surface area contributed by atoms with Crippen LogP contribution in [0.1, 0.15) is 5.56 Å². The number of hydrogen-bond donors (Lipinski definition) is 0. The van der Waals surface area contributed by atoms with Crippen LogP contribution in [0.4, 0.5) is 0 Å². The minimum absolute atomic E-state index is 0.488. The number of fused-ring (bicyclic) bond motifs is 1. The molecule has 0 bridgehead atoms. The predicted molar refractivity (Wildman–Crippen MR) is 44.4 cm³/mol. The van der Waals surface area contributed by atoms with Crippen LogP contribution in [0.3, 0.4) is 0 Å². The van der Waals surface area contributed by atoms with Crippen molar-refractivity contribution in [3.63, 3.8) is 0 Å². The van der Waals surface area contributed by atoms with Gasteiger partial charge in [-0.05, 0) is 18.0 Å². The topological polar surface area (TPSA) is 9.23 Å². The minimum atomic E-state index is 0.488. The second kappa shape index (κ2) is 2.43. The summed E-state index contributed by atoms with van der Waals surface area (Å²) in [5.41, 5.74) is 1.18. The summed E-state index contributed by atoms with van der Waals surface area (Å²) in [6.07, 6.45) is 2.09. The average Bonchev–Trinajstić information content (AvgIpc) is 2.05. The molecule has 0 aromatic heterocycles. The summed E-state index contributed by atoms with van der Waals surface area (Å²) >= 11 is 0. The van der Waals surface area contributed by atoms with Crippen molar-refractivity contribution in [2.75, 3.05) is 0 Å². The van der Waals surface area contributed by atoms with Gasteiger partial charge >= 0.3 is 0 Å². The highest BCUT2D eigenvalue weighted by molar-refractivity contribution is 7.37. The molecular weight excluding hydrogens is 143 g/mol. The SMILES string of the molecule is C1=Cc2ccccc2OP1. The Bertz CT molecular complexity index is 268. The molecule has 1 heterocycles. The Labute approximate surface area is 61.6 Å². The third kappa shape index (κ3) is 0.932. The molecule has 1 unspecified atom stereocenters. The number of rotatable bonds is 0. The van der Waals surface area contributed by atoms with E-state index in [0.29, 0.717) is 8.81 Å². The Morgan fingerprint density at radius 2 is 2.10 bits per heavy atom. The summed E-state index contributed by atoms with van der Waals surface area (Å²) in [6.45, 7) is 0. The van der Waals surface area contributed by atoms with Crippen LogP contribution in [-0.4, -0.2) is 0 Å². The highest BCUT2D eigenvalue weighted by Gasteiger charge is 2.01. The molecule has 0 saturated heterocycles. The van der Waals surface area contributed by atoms with Crippen LogP contribution >= 0.6 is 8.81 Å². The van der Waals surface area contributed by atoms with Gasteiger partial charge in [-0.3, -0.25) is 0 Å². The Morgan fingerprint density at radius 3 is 3.00 bits per heavy atom. The molecule has 0 spiro atoms. The van der Waals surface area contributed by atoms with Crippen molar-refractivity contribution in [3.8, 4) is 5.75 Å². The average molecular weight is 150 g/mol. The lowest BCUT2D eigenvalue weighted by Crippen LogP contribution is -1.84. The van der Waals surface area contributed by atoms with Crippen LogP contribution in [0.25, 0.3) is 6.08 Å². The van der Waals surface area contributed by atoms with Crippen molar-refractivity contribution in [3.05, 3.63) is 35.6 Å². The van der Waals surface area contributed by atoms with Crippen LogP contribution in [-0.2, 0) is 0 Å². The van der Waals surface area contributed by atoms with Crippen LogP contribution < -0.4 is 4.52 Å². The molecule has 0 fully saturated rings. The number of benzene rings is 1. The molecule has 0 N–H and O–H groups in total. The fraction of sp³-hybridized carbons (Fsp3) is 0. The van der Waals surface area contributed by atoms with Crippen molar-refractivity contribution >= 4 is 14.9 Å². The van der Waals surface area contributed by atoms with E-state index >= 15 is 0 Å². The van der Waals surface area contributed by atoms with Crippen molar-refractivity contribution in [1.82, 2.24) is 0 Å². The molecule has 1 aromatic rings. The van der Waals surface area contributed by atoms with E-state index in [1.54, 1.807) is 0 Å². The molecule has 0 saturated carbocycles. The van der Waals surface area contributed by atoms with Crippen molar-refractivity contribution in [1.29, 1.82) is 0 Å². The number of para-hydroxylation sites is 1. The van der Waals surface area contributed by atoms with Crippen LogP contribution in [0, 0.1) is 0 Å². The van der Waals surface area contributed by atoms with Gasteiger partial charge in [0.25, 0.3) is 0 Å². The van der Waals surface area contributed by atoms with E-state index in [0.717, 1.165) is 5.75 Å². The maximum absolute atomic E-state index is 5.36. The van der Waals surface area contributed by atoms with Crippen molar-refractivity contribution in [2.45, 2.75) is 0 Å². The highest BCUT2D eigenvalue weighted by atomic mass is 31.1. The number of hydrogen-bond acceptors (Lipinski definition) is 1. The first-order valence-electron chi connectivity index (χ1n) is 3.15. The molecular formula is C8H7OP. The fourth-order valence-electron chi connectivity index (χ4n) is 0.932. The Morgan fingerprint density at radius 1 is 1.20 bits per heavy atom. The van der Waals surface area contributed by atoms with Gasteiger partial charge in [0.2, 0.25) is 0 Å². The zero-order chi connectivity index (χ0) is 6.81. The molecule has 0 aliphatic carbocycles. The first kappa shape index (κ1) is 5.94. The van der Waals surface area contributed by atoms with E-state index in [2.05, 4.69) is 12.1 Å². The summed E-state index contributed by atoms with van der Waals surface area (Å²) in [6, 6.07) is 8.05.